The summed E-state index contributed by atoms with van der Waals surface area (Å²) < 4.78 is 0. The number of rotatable bonds is 2. The van der Waals surface area contributed by atoms with E-state index in [4.69, 9.17) is 11.6 Å². The van der Waals surface area contributed by atoms with Gasteiger partial charge in [-0.2, -0.15) is 0 Å². The van der Waals surface area contributed by atoms with E-state index in [2.05, 4.69) is 5.43 Å². The molecule has 0 aliphatic carbocycles. The van der Waals surface area contributed by atoms with Gasteiger partial charge in [-0.3, -0.25) is 15.2 Å². The highest BCUT2D eigenvalue weighted by Crippen LogP contribution is 2.16. The van der Waals surface area contributed by atoms with Crippen molar-refractivity contribution in [2.45, 2.75) is 6.92 Å². The lowest BCUT2D eigenvalue weighted by molar-refractivity contribution is -0.119. The van der Waals surface area contributed by atoms with E-state index in [0.717, 1.165) is 5.69 Å². The fraction of sp³-hybridized carbons (Fsp3) is 0.222. The van der Waals surface area contributed by atoms with Gasteiger partial charge in [0.25, 0.3) is 0 Å². The molecule has 0 aliphatic heterocycles. The average molecular weight is 199 g/mol. The molecule has 0 heterocycles. The third kappa shape index (κ3) is 2.95. The summed E-state index contributed by atoms with van der Waals surface area (Å²) in [6.45, 7) is 1.46. The lowest BCUT2D eigenvalue weighted by Gasteiger charge is -2.19. The summed E-state index contributed by atoms with van der Waals surface area (Å²) in [5, 5.41) is 2.27. The smallest absolute Gasteiger partial charge is 0.235 e. The van der Waals surface area contributed by atoms with Gasteiger partial charge in [-0.1, -0.05) is 17.7 Å². The average Bonchev–Trinajstić information content (AvgIpc) is 2.03. The van der Waals surface area contributed by atoms with Crippen molar-refractivity contribution in [3.8, 4) is 0 Å². The molecule has 13 heavy (non-hydrogen) atoms. The lowest BCUT2D eigenvalue weighted by Crippen LogP contribution is -2.37. The van der Waals surface area contributed by atoms with Crippen molar-refractivity contribution >= 4 is 23.2 Å². The molecule has 1 N–H and O–H groups in total. The Kier molecular flexibility index (Phi) is 3.14. The zero-order valence-electron chi connectivity index (χ0n) is 7.54. The molecular formula is C9H11ClN2O. The minimum atomic E-state index is -0.109. The normalized spacial score (nSPS) is 9.46. The number of benzene rings is 1. The molecule has 1 aromatic rings. The summed E-state index contributed by atoms with van der Waals surface area (Å²) in [7, 11) is 1.76. The Bertz CT molecular complexity index is 314. The van der Waals surface area contributed by atoms with Crippen LogP contribution in [0.4, 0.5) is 5.69 Å². The maximum Gasteiger partial charge on any atom is 0.235 e. The Balaban J connectivity index is 2.76. The van der Waals surface area contributed by atoms with Gasteiger partial charge in [0.2, 0.25) is 5.91 Å². The van der Waals surface area contributed by atoms with Crippen LogP contribution in [0, 0.1) is 0 Å². The molecule has 0 radical (unpaired) electrons. The number of carbonyl (C=O) groups excluding carboxylic acids is 1. The summed E-state index contributed by atoms with van der Waals surface area (Å²) in [5.74, 6) is -0.109. The molecule has 4 heteroatoms. The number of nitrogens with one attached hydrogen (secondary N) is 1. The van der Waals surface area contributed by atoms with Crippen LogP contribution in [0.1, 0.15) is 6.92 Å². The molecule has 0 unspecified atom stereocenters. The van der Waals surface area contributed by atoms with Crippen molar-refractivity contribution in [2.24, 2.45) is 0 Å². The molecule has 1 amide bonds. The van der Waals surface area contributed by atoms with Gasteiger partial charge in [0.05, 0.1) is 5.69 Å². The Morgan fingerprint density at radius 1 is 1.54 bits per heavy atom. The minimum absolute atomic E-state index is 0.109. The molecule has 70 valence electrons. The zero-order valence-corrected chi connectivity index (χ0v) is 8.30. The van der Waals surface area contributed by atoms with Crippen LogP contribution >= 0.6 is 11.6 Å². The molecule has 0 aromatic heterocycles. The van der Waals surface area contributed by atoms with E-state index in [0.29, 0.717) is 5.02 Å². The van der Waals surface area contributed by atoms with Crippen molar-refractivity contribution < 1.29 is 4.79 Å². The minimum Gasteiger partial charge on any atom is -0.289 e. The van der Waals surface area contributed by atoms with Crippen LogP contribution in [-0.2, 0) is 4.79 Å². The van der Waals surface area contributed by atoms with Crippen LogP contribution in [0.25, 0.3) is 0 Å². The van der Waals surface area contributed by atoms with Gasteiger partial charge < -0.3 is 0 Å². The Labute approximate surface area is 82.3 Å². The second-order valence-electron chi connectivity index (χ2n) is 2.71. The molecule has 0 bridgehead atoms. The first-order chi connectivity index (χ1) is 6.09. The standard InChI is InChI=1S/C9H11ClN2O/c1-7(13)11-12(2)9-5-3-4-8(10)6-9/h3-6H,1-2H3,(H,11,13). The number of anilines is 1. The first kappa shape index (κ1) is 9.86. The topological polar surface area (TPSA) is 32.3 Å². The first-order valence-corrected chi connectivity index (χ1v) is 4.24. The largest absolute Gasteiger partial charge is 0.289 e. The molecular weight excluding hydrogens is 188 g/mol. The van der Waals surface area contributed by atoms with Crippen LogP contribution < -0.4 is 10.4 Å². The molecule has 0 aliphatic rings. The third-order valence-electron chi connectivity index (χ3n) is 1.52. The van der Waals surface area contributed by atoms with Crippen LogP contribution in [0.3, 0.4) is 0 Å². The zero-order chi connectivity index (χ0) is 9.84. The van der Waals surface area contributed by atoms with Crippen LogP contribution in [0.15, 0.2) is 24.3 Å². The van der Waals surface area contributed by atoms with Gasteiger partial charge in [0.15, 0.2) is 0 Å². The van der Waals surface area contributed by atoms with Crippen molar-refractivity contribution in [2.75, 3.05) is 12.1 Å². The predicted molar refractivity (Wildman–Crippen MR) is 53.7 cm³/mol. The van der Waals surface area contributed by atoms with Gasteiger partial charge in [0.1, 0.15) is 0 Å². The highest BCUT2D eigenvalue weighted by molar-refractivity contribution is 6.30. The van der Waals surface area contributed by atoms with Crippen molar-refractivity contribution in [1.29, 1.82) is 0 Å². The van der Waals surface area contributed by atoms with Gasteiger partial charge in [-0.25, -0.2) is 0 Å². The van der Waals surface area contributed by atoms with E-state index in [1.165, 1.54) is 6.92 Å². The predicted octanol–water partition coefficient (Wildman–Crippen LogP) is 1.83. The summed E-state index contributed by atoms with van der Waals surface area (Å²) in [6.07, 6.45) is 0. The van der Waals surface area contributed by atoms with Crippen molar-refractivity contribution in [1.82, 2.24) is 5.43 Å². The Morgan fingerprint density at radius 3 is 2.77 bits per heavy atom. The molecule has 0 saturated heterocycles. The van der Waals surface area contributed by atoms with E-state index >= 15 is 0 Å². The van der Waals surface area contributed by atoms with Gasteiger partial charge in [0, 0.05) is 19.0 Å². The van der Waals surface area contributed by atoms with Gasteiger partial charge in [-0.15, -0.1) is 0 Å². The van der Waals surface area contributed by atoms with Crippen molar-refractivity contribution in [3.63, 3.8) is 0 Å². The SMILES string of the molecule is CC(=O)NN(C)c1cccc(Cl)c1. The Hall–Kier alpha value is -1.22. The number of nitrogens with zero attached hydrogens (tertiary/aromatic N) is 1. The second kappa shape index (κ2) is 4.14. The van der Waals surface area contributed by atoms with E-state index in [9.17, 15) is 4.79 Å². The number of hydrazine groups is 1. The Morgan fingerprint density at radius 2 is 2.23 bits per heavy atom. The fourth-order valence-corrected chi connectivity index (χ4v) is 1.17. The number of carbonyl (C=O) groups is 1. The van der Waals surface area contributed by atoms with Crippen LogP contribution in [0.2, 0.25) is 5.02 Å². The van der Waals surface area contributed by atoms with Crippen LogP contribution in [0.5, 0.6) is 0 Å². The maximum atomic E-state index is 10.7. The monoisotopic (exact) mass is 198 g/mol. The summed E-state index contributed by atoms with van der Waals surface area (Å²) in [6, 6.07) is 7.25. The van der Waals surface area contributed by atoms with Crippen molar-refractivity contribution in [3.05, 3.63) is 29.3 Å². The van der Waals surface area contributed by atoms with Gasteiger partial charge >= 0.3 is 0 Å². The van der Waals surface area contributed by atoms with E-state index in [1.807, 2.05) is 12.1 Å². The van der Waals surface area contributed by atoms with E-state index in [1.54, 1.807) is 24.2 Å². The molecule has 0 fully saturated rings. The lowest BCUT2D eigenvalue weighted by atomic mass is 10.3. The highest BCUT2D eigenvalue weighted by atomic mass is 35.5. The summed E-state index contributed by atoms with van der Waals surface area (Å²) in [4.78, 5) is 10.7. The number of hydrogen-bond acceptors (Lipinski definition) is 2. The third-order valence-corrected chi connectivity index (χ3v) is 1.76. The molecule has 0 atom stereocenters. The highest BCUT2D eigenvalue weighted by Gasteiger charge is 2.01. The summed E-state index contributed by atoms with van der Waals surface area (Å²) >= 11 is 5.79. The van der Waals surface area contributed by atoms with E-state index < -0.39 is 0 Å². The molecule has 1 aromatic carbocycles. The second-order valence-corrected chi connectivity index (χ2v) is 3.14. The maximum absolute atomic E-state index is 10.7. The van der Waals surface area contributed by atoms with E-state index in [-0.39, 0.29) is 5.91 Å². The summed E-state index contributed by atoms with van der Waals surface area (Å²) in [5.41, 5.74) is 3.47. The molecule has 0 spiro atoms. The number of hydrogen-bond donors (Lipinski definition) is 1. The fourth-order valence-electron chi connectivity index (χ4n) is 0.985. The molecule has 1 rings (SSSR count). The molecule has 3 nitrogen and oxygen atoms in total. The molecule has 0 saturated carbocycles. The first-order valence-electron chi connectivity index (χ1n) is 3.86. The number of amides is 1. The number of halogens is 1. The van der Waals surface area contributed by atoms with Gasteiger partial charge in [-0.05, 0) is 18.2 Å². The van der Waals surface area contributed by atoms with Crippen LogP contribution in [-0.4, -0.2) is 13.0 Å². The quantitative estimate of drug-likeness (QED) is 0.736.